The van der Waals surface area contributed by atoms with Crippen LogP contribution in [0, 0.1) is 0 Å². The van der Waals surface area contributed by atoms with E-state index in [1.807, 2.05) is 11.3 Å². The molecule has 48 heavy (non-hydrogen) atoms. The zero-order valence-electron chi connectivity index (χ0n) is 26.1. The van der Waals surface area contributed by atoms with E-state index >= 15 is 0 Å². The van der Waals surface area contributed by atoms with Crippen molar-refractivity contribution in [2.45, 2.75) is 0 Å². The van der Waals surface area contributed by atoms with Gasteiger partial charge in [-0.05, 0) is 105 Å². The van der Waals surface area contributed by atoms with Crippen LogP contribution in [0.1, 0.15) is 0 Å². The van der Waals surface area contributed by atoms with Crippen molar-refractivity contribution in [1.29, 1.82) is 0 Å². The first-order chi connectivity index (χ1) is 23.8. The maximum atomic E-state index is 2.46. The summed E-state index contributed by atoms with van der Waals surface area (Å²) >= 11 is 1.88. The van der Waals surface area contributed by atoms with E-state index in [9.17, 15) is 0 Å². The Bertz CT molecular complexity index is 2750. The third kappa shape index (κ3) is 4.38. The molecule has 2 heteroatoms. The molecule has 0 saturated carbocycles. The minimum atomic E-state index is 1.16. The van der Waals surface area contributed by atoms with Crippen molar-refractivity contribution >= 4 is 64.1 Å². The summed E-state index contributed by atoms with van der Waals surface area (Å²) < 4.78 is 5.12. The lowest BCUT2D eigenvalue weighted by Gasteiger charge is -2.13. The molecule has 0 unspecified atom stereocenters. The van der Waals surface area contributed by atoms with Crippen LogP contribution in [0.5, 0.6) is 0 Å². The van der Waals surface area contributed by atoms with Crippen molar-refractivity contribution in [2.24, 2.45) is 0 Å². The lowest BCUT2D eigenvalue weighted by molar-refractivity contribution is 1.18. The molecule has 1 nitrogen and oxygen atoms in total. The second-order valence-corrected chi connectivity index (χ2v) is 13.7. The summed E-state index contributed by atoms with van der Waals surface area (Å²) in [5.41, 5.74) is 10.9. The van der Waals surface area contributed by atoms with E-state index in [1.165, 1.54) is 86.1 Å². The van der Waals surface area contributed by atoms with Crippen LogP contribution in [-0.4, -0.2) is 4.57 Å². The molecule has 0 aliphatic rings. The number of benzene rings is 8. The van der Waals surface area contributed by atoms with Crippen molar-refractivity contribution in [2.75, 3.05) is 0 Å². The monoisotopic (exact) mass is 627 g/mol. The average Bonchev–Trinajstić information content (AvgIpc) is 3.67. The summed E-state index contributed by atoms with van der Waals surface area (Å²) in [5, 5.41) is 7.74. The van der Waals surface area contributed by atoms with Crippen molar-refractivity contribution in [3.8, 4) is 39.1 Å². The maximum absolute atomic E-state index is 2.46. The Balaban J connectivity index is 1.18. The lowest BCUT2D eigenvalue weighted by Crippen LogP contribution is -1.94. The van der Waals surface area contributed by atoms with E-state index in [-0.39, 0.29) is 0 Å². The summed E-state index contributed by atoms with van der Waals surface area (Å²) in [4.78, 5) is 0. The fourth-order valence-corrected chi connectivity index (χ4v) is 8.52. The number of aromatic nitrogens is 1. The van der Waals surface area contributed by atoms with Gasteiger partial charge < -0.3 is 4.57 Å². The predicted octanol–water partition coefficient (Wildman–Crippen LogP) is 13.3. The summed E-state index contributed by atoms with van der Waals surface area (Å²) in [6.07, 6.45) is 0. The van der Waals surface area contributed by atoms with E-state index in [0.717, 1.165) is 5.69 Å². The zero-order chi connectivity index (χ0) is 31.6. The fourth-order valence-electron chi connectivity index (χ4n) is 7.39. The van der Waals surface area contributed by atoms with Gasteiger partial charge in [0.25, 0.3) is 0 Å². The molecule has 0 bridgehead atoms. The highest BCUT2D eigenvalue weighted by Crippen LogP contribution is 2.42. The molecular weight excluding hydrogens is 599 g/mol. The van der Waals surface area contributed by atoms with Crippen molar-refractivity contribution in [1.82, 2.24) is 4.57 Å². The van der Waals surface area contributed by atoms with E-state index in [4.69, 9.17) is 0 Å². The molecule has 0 amide bonds. The van der Waals surface area contributed by atoms with Crippen LogP contribution >= 0.6 is 11.3 Å². The van der Waals surface area contributed by atoms with E-state index < -0.39 is 0 Å². The Morgan fingerprint density at radius 2 is 0.833 bits per heavy atom. The van der Waals surface area contributed by atoms with Crippen LogP contribution in [0.2, 0.25) is 0 Å². The van der Waals surface area contributed by atoms with Gasteiger partial charge in [-0.25, -0.2) is 0 Å². The predicted molar refractivity (Wildman–Crippen MR) is 207 cm³/mol. The highest BCUT2D eigenvalue weighted by atomic mass is 32.1. The summed E-state index contributed by atoms with van der Waals surface area (Å²) in [5.74, 6) is 0. The van der Waals surface area contributed by atoms with Crippen LogP contribution in [-0.2, 0) is 0 Å². The first kappa shape index (κ1) is 27.2. The van der Waals surface area contributed by atoms with Gasteiger partial charge in [0.1, 0.15) is 0 Å². The topological polar surface area (TPSA) is 4.93 Å². The number of nitrogens with zero attached hydrogens (tertiary/aromatic N) is 1. The first-order valence-corrected chi connectivity index (χ1v) is 17.2. The maximum Gasteiger partial charge on any atom is 0.0548 e. The van der Waals surface area contributed by atoms with Crippen LogP contribution < -0.4 is 0 Å². The van der Waals surface area contributed by atoms with Gasteiger partial charge in [-0.3, -0.25) is 0 Å². The highest BCUT2D eigenvalue weighted by molar-refractivity contribution is 7.25. The molecule has 0 atom stereocenters. The lowest BCUT2D eigenvalue weighted by atomic mass is 9.93. The molecule has 0 aliphatic carbocycles. The fraction of sp³-hybridized carbons (Fsp3) is 0. The highest BCUT2D eigenvalue weighted by Gasteiger charge is 2.17. The SMILES string of the molecule is c1ccc(-c2cc(-c3ccccc3)cc(-c3ccc(-n4c5cc6ccccc6cc5c5cc6sc7ccccc7c6cc54)cc3)c2)cc1. The second-order valence-electron chi connectivity index (χ2n) is 12.6. The van der Waals surface area contributed by atoms with Gasteiger partial charge in [0, 0.05) is 36.6 Å². The van der Waals surface area contributed by atoms with Crippen molar-refractivity contribution in [3.63, 3.8) is 0 Å². The number of hydrogen-bond donors (Lipinski definition) is 0. The van der Waals surface area contributed by atoms with Crippen LogP contribution in [0.25, 0.3) is 91.8 Å². The molecule has 10 rings (SSSR count). The number of thiophene rings is 1. The molecule has 224 valence electrons. The zero-order valence-corrected chi connectivity index (χ0v) is 26.9. The smallest absolute Gasteiger partial charge is 0.0548 e. The molecule has 0 aliphatic heterocycles. The summed E-state index contributed by atoms with van der Waals surface area (Å²) in [7, 11) is 0. The second kappa shape index (κ2) is 10.8. The molecular formula is C46H29NS. The van der Waals surface area contributed by atoms with Gasteiger partial charge >= 0.3 is 0 Å². The Morgan fingerprint density at radius 1 is 0.312 bits per heavy atom. The third-order valence-corrected chi connectivity index (χ3v) is 10.9. The number of rotatable bonds is 4. The van der Waals surface area contributed by atoms with Crippen LogP contribution in [0.15, 0.2) is 176 Å². The third-order valence-electron chi connectivity index (χ3n) is 9.74. The van der Waals surface area contributed by atoms with Gasteiger partial charge in [-0.1, -0.05) is 115 Å². The average molecular weight is 628 g/mol. The molecule has 0 fully saturated rings. The standard InChI is InChI=1S/C46H29NS/c1-3-11-30(12-4-1)35-23-36(31-13-5-2-6-14-31)25-37(24-35)32-19-21-38(22-20-32)47-43-27-34-16-8-7-15-33(34)26-40(43)41-29-46-42(28-44(41)47)39-17-9-10-18-45(39)48-46/h1-29H. The van der Waals surface area contributed by atoms with E-state index in [1.54, 1.807) is 0 Å². The molecule has 0 spiro atoms. The quantitative estimate of drug-likeness (QED) is 0.183. The van der Waals surface area contributed by atoms with Gasteiger partial charge in [0.15, 0.2) is 0 Å². The van der Waals surface area contributed by atoms with Gasteiger partial charge in [0.2, 0.25) is 0 Å². The van der Waals surface area contributed by atoms with E-state index in [2.05, 4.69) is 180 Å². The van der Waals surface area contributed by atoms with E-state index in [0.29, 0.717) is 0 Å². The van der Waals surface area contributed by atoms with Crippen molar-refractivity contribution in [3.05, 3.63) is 176 Å². The summed E-state index contributed by atoms with van der Waals surface area (Å²) in [6, 6.07) is 64.5. The summed E-state index contributed by atoms with van der Waals surface area (Å²) in [6.45, 7) is 0. The largest absolute Gasteiger partial charge is 0.309 e. The molecule has 10 aromatic rings. The van der Waals surface area contributed by atoms with Crippen LogP contribution in [0.3, 0.4) is 0 Å². The molecule has 0 saturated heterocycles. The molecule has 0 N–H and O–H groups in total. The molecule has 2 heterocycles. The number of fused-ring (bicyclic) bond motifs is 7. The molecule has 0 radical (unpaired) electrons. The number of hydrogen-bond acceptors (Lipinski definition) is 1. The normalized spacial score (nSPS) is 11.8. The first-order valence-electron chi connectivity index (χ1n) is 16.4. The molecule has 2 aromatic heterocycles. The Kier molecular flexibility index (Phi) is 6.12. The molecule has 8 aromatic carbocycles. The minimum absolute atomic E-state index is 1.16. The Hall–Kier alpha value is -5.96. The Morgan fingerprint density at radius 3 is 1.50 bits per heavy atom. The van der Waals surface area contributed by atoms with Gasteiger partial charge in [0.05, 0.1) is 11.0 Å². The van der Waals surface area contributed by atoms with Gasteiger partial charge in [-0.15, -0.1) is 11.3 Å². The minimum Gasteiger partial charge on any atom is -0.309 e. The Labute approximate surface area is 282 Å². The van der Waals surface area contributed by atoms with Gasteiger partial charge in [-0.2, -0.15) is 0 Å². The van der Waals surface area contributed by atoms with Crippen molar-refractivity contribution < 1.29 is 0 Å². The van der Waals surface area contributed by atoms with Crippen LogP contribution in [0.4, 0.5) is 0 Å².